The molecule has 1 fully saturated rings. The summed E-state index contributed by atoms with van der Waals surface area (Å²) >= 11 is 1.71. The lowest BCUT2D eigenvalue weighted by Gasteiger charge is -2.17. The number of nitrogens with zero attached hydrogens (tertiary/aromatic N) is 3. The zero-order valence-electron chi connectivity index (χ0n) is 11.0. The Morgan fingerprint density at radius 3 is 3.17 bits per heavy atom. The standard InChI is InChI=1S/C13H20N4S/c1-3-10-4-5-16(9-10)12-11(8-14-2)17-6-7-18-13(17)15-12/h6-7,10,14H,3-5,8-9H2,1-2H3. The highest BCUT2D eigenvalue weighted by Gasteiger charge is 2.26. The summed E-state index contributed by atoms with van der Waals surface area (Å²) in [6.07, 6.45) is 4.71. The molecule has 2 aromatic heterocycles. The van der Waals surface area contributed by atoms with Gasteiger partial charge in [0, 0.05) is 31.2 Å². The van der Waals surface area contributed by atoms with Crippen molar-refractivity contribution in [1.29, 1.82) is 0 Å². The monoisotopic (exact) mass is 264 g/mol. The highest BCUT2D eigenvalue weighted by molar-refractivity contribution is 7.15. The van der Waals surface area contributed by atoms with Gasteiger partial charge in [0.05, 0.1) is 5.69 Å². The van der Waals surface area contributed by atoms with Gasteiger partial charge in [0.25, 0.3) is 0 Å². The van der Waals surface area contributed by atoms with E-state index in [0.29, 0.717) is 0 Å². The lowest BCUT2D eigenvalue weighted by molar-refractivity contribution is 0.568. The maximum Gasteiger partial charge on any atom is 0.195 e. The number of imidazole rings is 1. The summed E-state index contributed by atoms with van der Waals surface area (Å²) in [5, 5.41) is 5.36. The third-order valence-corrected chi connectivity index (χ3v) is 4.60. The average Bonchev–Trinajstić information content (AvgIpc) is 3.04. The number of thiazole rings is 1. The lowest BCUT2D eigenvalue weighted by atomic mass is 10.1. The Hall–Kier alpha value is -1.07. The number of fused-ring (bicyclic) bond motifs is 1. The fraction of sp³-hybridized carbons (Fsp3) is 0.615. The Labute approximate surface area is 112 Å². The van der Waals surface area contributed by atoms with Crippen molar-refractivity contribution in [2.75, 3.05) is 25.0 Å². The molecule has 0 saturated carbocycles. The quantitative estimate of drug-likeness (QED) is 0.920. The Kier molecular flexibility index (Phi) is 3.26. The van der Waals surface area contributed by atoms with E-state index in [2.05, 4.69) is 33.1 Å². The van der Waals surface area contributed by atoms with Crippen molar-refractivity contribution in [3.8, 4) is 0 Å². The zero-order valence-corrected chi connectivity index (χ0v) is 11.8. The van der Waals surface area contributed by atoms with E-state index in [-0.39, 0.29) is 0 Å². The fourth-order valence-electron chi connectivity index (χ4n) is 2.76. The maximum atomic E-state index is 4.81. The van der Waals surface area contributed by atoms with Crippen LogP contribution in [0.25, 0.3) is 4.96 Å². The second-order valence-electron chi connectivity index (χ2n) is 4.98. The molecule has 0 aromatic carbocycles. The summed E-state index contributed by atoms with van der Waals surface area (Å²) in [5.74, 6) is 2.03. The van der Waals surface area contributed by atoms with Crippen molar-refractivity contribution < 1.29 is 0 Å². The minimum Gasteiger partial charge on any atom is -0.355 e. The predicted octanol–water partition coefficient (Wildman–Crippen LogP) is 2.35. The largest absolute Gasteiger partial charge is 0.355 e. The van der Waals surface area contributed by atoms with E-state index in [1.165, 1.54) is 24.4 Å². The van der Waals surface area contributed by atoms with Crippen molar-refractivity contribution in [1.82, 2.24) is 14.7 Å². The molecule has 1 unspecified atom stereocenters. The molecule has 1 aliphatic rings. The summed E-state index contributed by atoms with van der Waals surface area (Å²) < 4.78 is 2.22. The molecule has 0 spiro atoms. The van der Waals surface area contributed by atoms with Gasteiger partial charge in [-0.25, -0.2) is 4.98 Å². The molecule has 0 amide bonds. The SMILES string of the molecule is CCC1CCN(c2nc3sccn3c2CNC)C1. The van der Waals surface area contributed by atoms with Gasteiger partial charge in [-0.15, -0.1) is 11.3 Å². The molecular formula is C13H20N4S. The summed E-state index contributed by atoms with van der Waals surface area (Å²) in [6, 6.07) is 0. The van der Waals surface area contributed by atoms with Crippen LogP contribution in [0.3, 0.4) is 0 Å². The van der Waals surface area contributed by atoms with Crippen LogP contribution in [0.4, 0.5) is 5.82 Å². The predicted molar refractivity (Wildman–Crippen MR) is 76.4 cm³/mol. The smallest absolute Gasteiger partial charge is 0.195 e. The minimum absolute atomic E-state index is 0.840. The molecule has 98 valence electrons. The van der Waals surface area contributed by atoms with Crippen molar-refractivity contribution in [2.24, 2.45) is 5.92 Å². The van der Waals surface area contributed by atoms with Crippen LogP contribution in [-0.2, 0) is 6.54 Å². The molecule has 1 N–H and O–H groups in total. The zero-order chi connectivity index (χ0) is 12.5. The summed E-state index contributed by atoms with van der Waals surface area (Å²) in [6.45, 7) is 5.48. The van der Waals surface area contributed by atoms with Gasteiger partial charge < -0.3 is 10.2 Å². The Morgan fingerprint density at radius 2 is 2.44 bits per heavy atom. The van der Waals surface area contributed by atoms with Gasteiger partial charge in [0.15, 0.2) is 10.8 Å². The van der Waals surface area contributed by atoms with Crippen molar-refractivity contribution in [3.05, 3.63) is 17.3 Å². The summed E-state index contributed by atoms with van der Waals surface area (Å²) in [5.41, 5.74) is 1.30. The molecular weight excluding hydrogens is 244 g/mol. The van der Waals surface area contributed by atoms with Crippen LogP contribution >= 0.6 is 11.3 Å². The van der Waals surface area contributed by atoms with Crippen molar-refractivity contribution in [3.63, 3.8) is 0 Å². The molecule has 3 rings (SSSR count). The first-order valence-corrected chi connectivity index (χ1v) is 7.55. The normalized spacial score (nSPS) is 20.1. The molecule has 3 heterocycles. The van der Waals surface area contributed by atoms with E-state index in [1.807, 2.05) is 7.05 Å². The van der Waals surface area contributed by atoms with Gasteiger partial charge in [-0.3, -0.25) is 4.40 Å². The van der Waals surface area contributed by atoms with Crippen LogP contribution in [-0.4, -0.2) is 29.5 Å². The third-order valence-electron chi connectivity index (χ3n) is 3.85. The number of anilines is 1. The van der Waals surface area contributed by atoms with Gasteiger partial charge in [-0.05, 0) is 19.4 Å². The molecule has 1 saturated heterocycles. The van der Waals surface area contributed by atoms with Crippen LogP contribution in [0.2, 0.25) is 0 Å². The maximum absolute atomic E-state index is 4.81. The number of rotatable bonds is 4. The third kappa shape index (κ3) is 1.91. The number of aromatic nitrogens is 2. The number of hydrogen-bond donors (Lipinski definition) is 1. The molecule has 2 aromatic rings. The lowest BCUT2D eigenvalue weighted by Crippen LogP contribution is -2.22. The van der Waals surface area contributed by atoms with E-state index in [1.54, 1.807) is 11.3 Å². The summed E-state index contributed by atoms with van der Waals surface area (Å²) in [7, 11) is 1.99. The minimum atomic E-state index is 0.840. The molecule has 0 bridgehead atoms. The van der Waals surface area contributed by atoms with Gasteiger partial charge in [-0.2, -0.15) is 0 Å². The second-order valence-corrected chi connectivity index (χ2v) is 5.85. The Balaban J connectivity index is 1.95. The molecule has 0 radical (unpaired) electrons. The highest BCUT2D eigenvalue weighted by atomic mass is 32.1. The molecule has 5 heteroatoms. The van der Waals surface area contributed by atoms with E-state index in [4.69, 9.17) is 4.98 Å². The van der Waals surface area contributed by atoms with E-state index in [0.717, 1.165) is 30.5 Å². The summed E-state index contributed by atoms with van der Waals surface area (Å²) in [4.78, 5) is 8.37. The van der Waals surface area contributed by atoms with Gasteiger partial charge in [-0.1, -0.05) is 13.3 Å². The van der Waals surface area contributed by atoms with E-state index >= 15 is 0 Å². The van der Waals surface area contributed by atoms with Crippen LogP contribution in [0, 0.1) is 5.92 Å². The fourth-order valence-corrected chi connectivity index (χ4v) is 3.49. The van der Waals surface area contributed by atoms with Crippen LogP contribution in [0.5, 0.6) is 0 Å². The van der Waals surface area contributed by atoms with Gasteiger partial charge >= 0.3 is 0 Å². The van der Waals surface area contributed by atoms with Gasteiger partial charge in [0.1, 0.15) is 0 Å². The molecule has 1 atom stereocenters. The van der Waals surface area contributed by atoms with Gasteiger partial charge in [0.2, 0.25) is 0 Å². The molecule has 1 aliphatic heterocycles. The van der Waals surface area contributed by atoms with Crippen molar-refractivity contribution in [2.45, 2.75) is 26.3 Å². The van der Waals surface area contributed by atoms with Crippen LogP contribution in [0.15, 0.2) is 11.6 Å². The average molecular weight is 264 g/mol. The van der Waals surface area contributed by atoms with Crippen molar-refractivity contribution >= 4 is 22.1 Å². The van der Waals surface area contributed by atoms with Crippen LogP contribution in [0.1, 0.15) is 25.5 Å². The van der Waals surface area contributed by atoms with E-state index < -0.39 is 0 Å². The van der Waals surface area contributed by atoms with E-state index in [9.17, 15) is 0 Å². The molecule has 0 aliphatic carbocycles. The first-order chi connectivity index (χ1) is 8.83. The second kappa shape index (κ2) is 4.90. The Morgan fingerprint density at radius 1 is 1.56 bits per heavy atom. The molecule has 4 nitrogen and oxygen atoms in total. The topological polar surface area (TPSA) is 32.6 Å². The Bertz CT molecular complexity index is 530. The first-order valence-electron chi connectivity index (χ1n) is 6.67. The highest BCUT2D eigenvalue weighted by Crippen LogP contribution is 2.29. The number of nitrogens with one attached hydrogen (secondary N) is 1. The molecule has 18 heavy (non-hydrogen) atoms. The number of hydrogen-bond acceptors (Lipinski definition) is 4. The first kappa shape index (κ1) is 12.0. The van der Waals surface area contributed by atoms with Crippen LogP contribution < -0.4 is 10.2 Å².